The molecule has 4 aromatic rings. The van der Waals surface area contributed by atoms with Crippen LogP contribution in [-0.2, 0) is 0 Å². The van der Waals surface area contributed by atoms with Gasteiger partial charge in [-0.05, 0) is 73.0 Å². The van der Waals surface area contributed by atoms with Crippen molar-refractivity contribution in [3.05, 3.63) is 111 Å². The van der Waals surface area contributed by atoms with E-state index in [1.54, 1.807) is 64.1 Å². The third kappa shape index (κ3) is 6.07. The molecule has 0 bridgehead atoms. The zero-order valence-electron chi connectivity index (χ0n) is 23.5. The van der Waals surface area contributed by atoms with Crippen molar-refractivity contribution in [2.24, 2.45) is 0 Å². The number of aromatic carboxylic acids is 1. The predicted molar refractivity (Wildman–Crippen MR) is 167 cm³/mol. The Morgan fingerprint density at radius 3 is 2.36 bits per heavy atom. The van der Waals surface area contributed by atoms with Crippen LogP contribution in [0, 0.1) is 5.82 Å². The highest BCUT2D eigenvalue weighted by atomic mass is 35.5. The number of amides is 2. The largest absolute Gasteiger partial charge is 0.477 e. The van der Waals surface area contributed by atoms with Crippen LogP contribution in [0.4, 0.5) is 20.6 Å². The van der Waals surface area contributed by atoms with Gasteiger partial charge in [0.05, 0.1) is 11.2 Å². The Balaban J connectivity index is 1.09. The molecule has 11 heteroatoms. The van der Waals surface area contributed by atoms with Crippen LogP contribution in [0.15, 0.2) is 77.7 Å². The smallest absolute Gasteiger partial charge is 0.341 e. The Labute approximate surface area is 256 Å². The fourth-order valence-corrected chi connectivity index (χ4v) is 5.56. The number of anilines is 2. The minimum Gasteiger partial charge on any atom is -0.477 e. The third-order valence-electron chi connectivity index (χ3n) is 7.88. The lowest BCUT2D eigenvalue weighted by molar-refractivity contribution is 0.0694. The second kappa shape index (κ2) is 12.0. The van der Waals surface area contributed by atoms with Crippen molar-refractivity contribution in [1.29, 1.82) is 0 Å². The van der Waals surface area contributed by atoms with Crippen molar-refractivity contribution in [3.8, 4) is 0 Å². The molecule has 2 fully saturated rings. The summed E-state index contributed by atoms with van der Waals surface area (Å²) >= 11 is 5.99. The summed E-state index contributed by atoms with van der Waals surface area (Å²) in [4.78, 5) is 53.3. The Morgan fingerprint density at radius 2 is 1.70 bits per heavy atom. The second-order valence-electron chi connectivity index (χ2n) is 10.9. The van der Waals surface area contributed by atoms with E-state index in [-0.39, 0.29) is 28.8 Å². The molecule has 0 radical (unpaired) electrons. The summed E-state index contributed by atoms with van der Waals surface area (Å²) < 4.78 is 17.1. The molecule has 1 aromatic heterocycles. The number of rotatable bonds is 7. The highest BCUT2D eigenvalue weighted by molar-refractivity contribution is 6.30. The highest BCUT2D eigenvalue weighted by Gasteiger charge is 2.29. The number of allylic oxidation sites excluding steroid dienone is 1. The number of halogens is 2. The van der Waals surface area contributed by atoms with Crippen molar-refractivity contribution < 1.29 is 23.9 Å². The number of ketones is 1. The molecule has 0 unspecified atom stereocenters. The van der Waals surface area contributed by atoms with Gasteiger partial charge in [0.25, 0.3) is 0 Å². The van der Waals surface area contributed by atoms with Crippen LogP contribution in [0.3, 0.4) is 0 Å². The average molecular weight is 615 g/mol. The number of carbonyl (C=O) groups is 3. The molecule has 9 nitrogen and oxygen atoms in total. The zero-order chi connectivity index (χ0) is 31.0. The first-order valence-electron chi connectivity index (χ1n) is 14.2. The molecule has 0 spiro atoms. The molecule has 1 saturated carbocycles. The number of nitrogens with zero attached hydrogens (tertiary/aromatic N) is 3. The topological polar surface area (TPSA) is 112 Å². The Morgan fingerprint density at radius 1 is 0.977 bits per heavy atom. The predicted octanol–water partition coefficient (Wildman–Crippen LogP) is 6.08. The lowest BCUT2D eigenvalue weighted by atomic mass is 10.1. The molecule has 1 aliphatic carbocycles. The lowest BCUT2D eigenvalue weighted by Gasteiger charge is -2.36. The summed E-state index contributed by atoms with van der Waals surface area (Å²) in [5, 5.41) is 12.9. The van der Waals surface area contributed by atoms with Crippen LogP contribution >= 0.6 is 11.6 Å². The van der Waals surface area contributed by atoms with Gasteiger partial charge in [0.15, 0.2) is 5.78 Å². The van der Waals surface area contributed by atoms with E-state index in [0.717, 1.165) is 24.5 Å². The van der Waals surface area contributed by atoms with Crippen LogP contribution in [-0.4, -0.2) is 58.5 Å². The second-order valence-corrected chi connectivity index (χ2v) is 11.3. The molecule has 44 heavy (non-hydrogen) atoms. The molecule has 2 amide bonds. The van der Waals surface area contributed by atoms with Crippen LogP contribution in [0.1, 0.15) is 45.2 Å². The standard InChI is InChI=1S/C33H28ClFN4O5/c34-22-3-1-2-20(16-22)4-11-30(40)21-5-7-23(8-6-21)36-33(44)38-14-12-37(13-15-38)29-18-28-25(17-27(29)35)31(41)26(32(42)43)19-39(28)24-9-10-24/h1-8,11,16-19,24H,9-10,12-15H2,(H,36,44)(H,42,43)/b11-4+. The number of pyridine rings is 1. The first-order valence-corrected chi connectivity index (χ1v) is 14.6. The normalized spacial score (nSPS) is 15.1. The number of hydrogen-bond donors (Lipinski definition) is 2. The third-order valence-corrected chi connectivity index (χ3v) is 8.11. The summed E-state index contributed by atoms with van der Waals surface area (Å²) in [5.41, 5.74) is 1.54. The quantitative estimate of drug-likeness (QED) is 0.193. The molecule has 6 rings (SSSR count). The number of carbonyl (C=O) groups excluding carboxylic acids is 2. The Bertz CT molecular complexity index is 1880. The number of piperazine rings is 1. The van der Waals surface area contributed by atoms with Crippen LogP contribution in [0.25, 0.3) is 17.0 Å². The van der Waals surface area contributed by atoms with E-state index in [0.29, 0.717) is 53.7 Å². The molecule has 1 saturated heterocycles. The van der Waals surface area contributed by atoms with Gasteiger partial charge in [-0.2, -0.15) is 0 Å². The fourth-order valence-electron chi connectivity index (χ4n) is 5.36. The molecule has 2 heterocycles. The molecular weight excluding hydrogens is 587 g/mol. The minimum atomic E-state index is -1.34. The maximum absolute atomic E-state index is 15.3. The van der Waals surface area contributed by atoms with E-state index in [4.69, 9.17) is 11.6 Å². The van der Waals surface area contributed by atoms with Gasteiger partial charge in [0, 0.05) is 60.1 Å². The van der Waals surface area contributed by atoms with Gasteiger partial charge >= 0.3 is 12.0 Å². The summed E-state index contributed by atoms with van der Waals surface area (Å²) in [5.74, 6) is -2.14. The number of urea groups is 1. The summed E-state index contributed by atoms with van der Waals surface area (Å²) in [6, 6.07) is 16.3. The molecule has 2 aliphatic rings. The van der Waals surface area contributed by atoms with Gasteiger partial charge in [-0.3, -0.25) is 9.59 Å². The molecule has 1 aliphatic heterocycles. The fraction of sp³-hybridized carbons (Fsp3) is 0.212. The van der Waals surface area contributed by atoms with E-state index in [1.165, 1.54) is 12.3 Å². The van der Waals surface area contributed by atoms with Crippen molar-refractivity contribution in [2.75, 3.05) is 36.4 Å². The Kier molecular flexibility index (Phi) is 7.92. The van der Waals surface area contributed by atoms with Crippen LogP contribution in [0.2, 0.25) is 5.02 Å². The average Bonchev–Trinajstić information content (AvgIpc) is 3.86. The molecular formula is C33H28ClFN4O5. The van der Waals surface area contributed by atoms with Gasteiger partial charge in [-0.1, -0.05) is 29.8 Å². The minimum absolute atomic E-state index is 0.0425. The van der Waals surface area contributed by atoms with Gasteiger partial charge in [-0.15, -0.1) is 0 Å². The first kappa shape index (κ1) is 29.1. The van der Waals surface area contributed by atoms with Gasteiger partial charge < -0.3 is 24.8 Å². The number of nitrogens with one attached hydrogen (secondary N) is 1. The van der Waals surface area contributed by atoms with Crippen molar-refractivity contribution in [3.63, 3.8) is 0 Å². The van der Waals surface area contributed by atoms with E-state index in [9.17, 15) is 24.3 Å². The number of benzene rings is 3. The van der Waals surface area contributed by atoms with Crippen molar-refractivity contribution >= 4 is 57.7 Å². The van der Waals surface area contributed by atoms with E-state index < -0.39 is 17.2 Å². The summed E-state index contributed by atoms with van der Waals surface area (Å²) in [6.45, 7) is 1.40. The summed E-state index contributed by atoms with van der Waals surface area (Å²) in [7, 11) is 0. The van der Waals surface area contributed by atoms with E-state index >= 15 is 4.39 Å². The van der Waals surface area contributed by atoms with Gasteiger partial charge in [0.2, 0.25) is 5.43 Å². The lowest BCUT2D eigenvalue weighted by Crippen LogP contribution is -2.50. The van der Waals surface area contributed by atoms with Crippen molar-refractivity contribution in [1.82, 2.24) is 9.47 Å². The number of hydrogen-bond acceptors (Lipinski definition) is 5. The number of aromatic nitrogens is 1. The zero-order valence-corrected chi connectivity index (χ0v) is 24.3. The van der Waals surface area contributed by atoms with Gasteiger partial charge in [-0.25, -0.2) is 14.0 Å². The number of carboxylic acids is 1. The van der Waals surface area contributed by atoms with Crippen LogP contribution in [0.5, 0.6) is 0 Å². The van der Waals surface area contributed by atoms with Gasteiger partial charge in [0.1, 0.15) is 11.4 Å². The first-order chi connectivity index (χ1) is 21.2. The van der Waals surface area contributed by atoms with Crippen molar-refractivity contribution in [2.45, 2.75) is 18.9 Å². The molecule has 224 valence electrons. The maximum Gasteiger partial charge on any atom is 0.341 e. The molecule has 0 atom stereocenters. The highest BCUT2D eigenvalue weighted by Crippen LogP contribution is 2.38. The number of carboxylic acid groups (broad SMARTS) is 1. The molecule has 2 N–H and O–H groups in total. The molecule has 3 aromatic carbocycles. The van der Waals surface area contributed by atoms with E-state index in [2.05, 4.69) is 5.32 Å². The van der Waals surface area contributed by atoms with E-state index in [1.807, 2.05) is 11.0 Å². The Hall–Kier alpha value is -4.96. The monoisotopic (exact) mass is 614 g/mol. The summed E-state index contributed by atoms with van der Waals surface area (Å²) in [6.07, 6.45) is 6.23. The SMILES string of the molecule is O=C(/C=C/c1cccc(Cl)c1)c1ccc(NC(=O)N2CCN(c3cc4c(cc3F)c(=O)c(C(=O)O)cn4C3CC3)CC2)cc1. The number of fused-ring (bicyclic) bond motifs is 1. The maximum atomic E-state index is 15.3. The van der Waals surface area contributed by atoms with Crippen LogP contribution < -0.4 is 15.6 Å².